The Labute approximate surface area is 172 Å². The van der Waals surface area contributed by atoms with Gasteiger partial charge < -0.3 is 20.4 Å². The van der Waals surface area contributed by atoms with Gasteiger partial charge in [0, 0.05) is 41.8 Å². The number of aromatic nitrogens is 5. The van der Waals surface area contributed by atoms with Crippen molar-refractivity contribution in [1.29, 1.82) is 0 Å². The number of nitrogens with zero attached hydrogens (tertiary/aromatic N) is 4. The van der Waals surface area contributed by atoms with E-state index >= 15 is 0 Å². The van der Waals surface area contributed by atoms with Crippen LogP contribution in [0.2, 0.25) is 0 Å². The molecule has 0 saturated heterocycles. The Morgan fingerprint density at radius 3 is 3.10 bits per heavy atom. The minimum absolute atomic E-state index is 0.291. The largest absolute Gasteiger partial charge is 0.437 e. The normalized spacial score (nSPS) is 10.8. The van der Waals surface area contributed by atoms with Gasteiger partial charge in [-0.15, -0.1) is 0 Å². The van der Waals surface area contributed by atoms with Gasteiger partial charge in [0.25, 0.3) is 0 Å². The molecule has 0 aliphatic carbocycles. The molecule has 0 fully saturated rings. The number of carbonyl (C=O) groups excluding carboxylic acids is 1. The molecule has 0 unspecified atom stereocenters. The molecular formula is C21H21N7O2. The Hall–Kier alpha value is -3.98. The van der Waals surface area contributed by atoms with E-state index in [0.29, 0.717) is 28.5 Å². The molecule has 4 aromatic rings. The molecule has 0 atom stereocenters. The van der Waals surface area contributed by atoms with Crippen molar-refractivity contribution in [2.45, 2.75) is 6.54 Å². The summed E-state index contributed by atoms with van der Waals surface area (Å²) in [5.41, 5.74) is 3.79. The molecule has 0 spiro atoms. The molecule has 0 radical (unpaired) electrons. The topological polar surface area (TPSA) is 110 Å². The number of likely N-dealkylation sites (N-methyl/N-ethyl adjacent to an activating group) is 1. The van der Waals surface area contributed by atoms with E-state index in [9.17, 15) is 4.79 Å². The van der Waals surface area contributed by atoms with Crippen molar-refractivity contribution >= 4 is 22.8 Å². The first kappa shape index (κ1) is 19.3. The van der Waals surface area contributed by atoms with E-state index in [4.69, 9.17) is 4.74 Å². The first-order valence-electron chi connectivity index (χ1n) is 9.39. The average Bonchev–Trinajstić information content (AvgIpc) is 3.38. The summed E-state index contributed by atoms with van der Waals surface area (Å²) in [5.74, 6) is 0.584. The van der Waals surface area contributed by atoms with E-state index in [-0.39, 0.29) is 5.91 Å². The van der Waals surface area contributed by atoms with Crippen LogP contribution < -0.4 is 15.4 Å². The highest BCUT2D eigenvalue weighted by Crippen LogP contribution is 2.29. The van der Waals surface area contributed by atoms with Crippen molar-refractivity contribution in [3.05, 3.63) is 61.7 Å². The van der Waals surface area contributed by atoms with Gasteiger partial charge in [-0.3, -0.25) is 9.48 Å². The van der Waals surface area contributed by atoms with Gasteiger partial charge in [0.2, 0.25) is 11.8 Å². The summed E-state index contributed by atoms with van der Waals surface area (Å²) in [5, 5.41) is 10.2. The SMILES string of the molecule is C=CC(=O)Nc1cccc(Oc2cnc3[nH]cc(-c4cnn(CCNC)c4)c3n2)c1. The third-order valence-corrected chi connectivity index (χ3v) is 4.40. The maximum absolute atomic E-state index is 11.5. The number of rotatable bonds is 8. The summed E-state index contributed by atoms with van der Waals surface area (Å²) in [6.07, 6.45) is 8.40. The number of ether oxygens (including phenoxy) is 1. The molecule has 3 aromatic heterocycles. The summed E-state index contributed by atoms with van der Waals surface area (Å²) in [4.78, 5) is 23.6. The lowest BCUT2D eigenvalue weighted by molar-refractivity contribution is -0.111. The summed E-state index contributed by atoms with van der Waals surface area (Å²) < 4.78 is 7.74. The van der Waals surface area contributed by atoms with Crippen molar-refractivity contribution in [3.63, 3.8) is 0 Å². The van der Waals surface area contributed by atoms with Crippen molar-refractivity contribution in [1.82, 2.24) is 30.0 Å². The maximum atomic E-state index is 11.5. The standard InChI is InChI=1S/C21H21N7O2/c1-3-18(29)26-15-5-4-6-16(9-15)30-19-12-24-21-20(27-19)17(11-23-21)14-10-25-28(13-14)8-7-22-2/h3-6,9-13,22H,1,7-8H2,2H3,(H,23,24)(H,26,29). The van der Waals surface area contributed by atoms with Gasteiger partial charge in [0.05, 0.1) is 18.9 Å². The zero-order valence-electron chi connectivity index (χ0n) is 16.4. The number of benzene rings is 1. The van der Waals surface area contributed by atoms with Crippen LogP contribution in [0.15, 0.2) is 61.7 Å². The van der Waals surface area contributed by atoms with Crippen molar-refractivity contribution in [3.8, 4) is 22.8 Å². The molecule has 0 saturated carbocycles. The maximum Gasteiger partial charge on any atom is 0.247 e. The number of amides is 1. The molecule has 1 aromatic carbocycles. The monoisotopic (exact) mass is 403 g/mol. The second kappa shape index (κ2) is 8.58. The summed E-state index contributed by atoms with van der Waals surface area (Å²) in [6, 6.07) is 7.02. The molecule has 0 aliphatic heterocycles. The van der Waals surface area contributed by atoms with Crippen LogP contribution in [-0.2, 0) is 11.3 Å². The second-order valence-corrected chi connectivity index (χ2v) is 6.53. The van der Waals surface area contributed by atoms with Gasteiger partial charge in [-0.1, -0.05) is 12.6 Å². The van der Waals surface area contributed by atoms with E-state index in [1.807, 2.05) is 24.1 Å². The highest BCUT2D eigenvalue weighted by atomic mass is 16.5. The van der Waals surface area contributed by atoms with Gasteiger partial charge in [0.1, 0.15) is 11.3 Å². The lowest BCUT2D eigenvalue weighted by atomic mass is 10.2. The number of hydrogen-bond donors (Lipinski definition) is 3. The number of fused-ring (bicyclic) bond motifs is 1. The first-order chi connectivity index (χ1) is 14.7. The molecule has 3 N–H and O–H groups in total. The van der Waals surface area contributed by atoms with E-state index in [1.54, 1.807) is 36.7 Å². The number of carbonyl (C=O) groups is 1. The number of aromatic amines is 1. The summed E-state index contributed by atoms with van der Waals surface area (Å²) >= 11 is 0. The van der Waals surface area contributed by atoms with Crippen LogP contribution in [0, 0.1) is 0 Å². The van der Waals surface area contributed by atoms with Crippen LogP contribution in [-0.4, -0.2) is 44.2 Å². The second-order valence-electron chi connectivity index (χ2n) is 6.53. The molecule has 3 heterocycles. The lowest BCUT2D eigenvalue weighted by Crippen LogP contribution is -2.14. The molecule has 30 heavy (non-hydrogen) atoms. The average molecular weight is 403 g/mol. The Morgan fingerprint density at radius 1 is 1.37 bits per heavy atom. The van der Waals surface area contributed by atoms with Crippen molar-refractivity contribution < 1.29 is 9.53 Å². The van der Waals surface area contributed by atoms with Gasteiger partial charge in [-0.25, -0.2) is 9.97 Å². The Balaban J connectivity index is 1.59. The van der Waals surface area contributed by atoms with Crippen LogP contribution >= 0.6 is 0 Å². The van der Waals surface area contributed by atoms with E-state index in [2.05, 4.69) is 37.3 Å². The third kappa shape index (κ3) is 4.20. The molecule has 9 heteroatoms. The zero-order chi connectivity index (χ0) is 20.9. The molecule has 0 bridgehead atoms. The number of anilines is 1. The van der Waals surface area contributed by atoms with Crippen molar-refractivity contribution in [2.75, 3.05) is 18.9 Å². The molecule has 0 aliphatic rings. The van der Waals surface area contributed by atoms with Gasteiger partial charge in [-0.05, 0) is 25.3 Å². The molecule has 152 valence electrons. The highest BCUT2D eigenvalue weighted by molar-refractivity contribution is 5.99. The molecule has 9 nitrogen and oxygen atoms in total. The fourth-order valence-electron chi connectivity index (χ4n) is 2.95. The number of nitrogens with one attached hydrogen (secondary N) is 3. The quantitative estimate of drug-likeness (QED) is 0.390. The molecular weight excluding hydrogens is 382 g/mol. The fraction of sp³-hybridized carbons (Fsp3) is 0.143. The van der Waals surface area contributed by atoms with E-state index < -0.39 is 0 Å². The fourth-order valence-corrected chi connectivity index (χ4v) is 2.95. The zero-order valence-corrected chi connectivity index (χ0v) is 16.4. The predicted molar refractivity (Wildman–Crippen MR) is 114 cm³/mol. The molecule has 4 rings (SSSR count). The van der Waals surface area contributed by atoms with Crippen LogP contribution in [0.3, 0.4) is 0 Å². The van der Waals surface area contributed by atoms with Crippen LogP contribution in [0.5, 0.6) is 11.6 Å². The smallest absolute Gasteiger partial charge is 0.247 e. The number of H-pyrrole nitrogens is 1. The van der Waals surface area contributed by atoms with E-state index in [0.717, 1.165) is 24.2 Å². The van der Waals surface area contributed by atoms with Crippen LogP contribution in [0.4, 0.5) is 5.69 Å². The first-order valence-corrected chi connectivity index (χ1v) is 9.39. The van der Waals surface area contributed by atoms with Crippen LogP contribution in [0.1, 0.15) is 0 Å². The van der Waals surface area contributed by atoms with Gasteiger partial charge in [-0.2, -0.15) is 5.10 Å². The summed E-state index contributed by atoms with van der Waals surface area (Å²) in [7, 11) is 1.91. The van der Waals surface area contributed by atoms with Gasteiger partial charge in [0.15, 0.2) is 5.65 Å². The Bertz CT molecular complexity index is 1200. The Morgan fingerprint density at radius 2 is 2.27 bits per heavy atom. The van der Waals surface area contributed by atoms with Gasteiger partial charge >= 0.3 is 0 Å². The van der Waals surface area contributed by atoms with E-state index in [1.165, 1.54) is 6.08 Å². The molecule has 1 amide bonds. The number of hydrogen-bond acceptors (Lipinski definition) is 6. The van der Waals surface area contributed by atoms with Crippen LogP contribution in [0.25, 0.3) is 22.3 Å². The minimum atomic E-state index is -0.291. The lowest BCUT2D eigenvalue weighted by Gasteiger charge is -2.07. The predicted octanol–water partition coefficient (Wildman–Crippen LogP) is 2.96. The Kier molecular flexibility index (Phi) is 5.53. The minimum Gasteiger partial charge on any atom is -0.437 e. The summed E-state index contributed by atoms with van der Waals surface area (Å²) in [6.45, 7) is 5.05. The van der Waals surface area contributed by atoms with Crippen molar-refractivity contribution in [2.24, 2.45) is 0 Å². The third-order valence-electron chi connectivity index (χ3n) is 4.40. The highest BCUT2D eigenvalue weighted by Gasteiger charge is 2.13.